The molecule has 110 valence electrons. The van der Waals surface area contributed by atoms with Crippen molar-refractivity contribution in [2.24, 2.45) is 0 Å². The van der Waals surface area contributed by atoms with Gasteiger partial charge in [-0.3, -0.25) is 0 Å². The molecule has 2 nitrogen and oxygen atoms in total. The number of benzene rings is 2. The first-order valence-corrected chi connectivity index (χ1v) is 8.42. The molecule has 2 aromatic carbocycles. The Morgan fingerprint density at radius 1 is 1.24 bits per heavy atom. The zero-order valence-corrected chi connectivity index (χ0v) is 13.1. The molecular formula is C18H21NOS. The fourth-order valence-electron chi connectivity index (χ4n) is 2.71. The summed E-state index contributed by atoms with van der Waals surface area (Å²) in [5.41, 5.74) is 0. The molecule has 2 aromatic rings. The lowest BCUT2D eigenvalue weighted by Gasteiger charge is -2.25. The van der Waals surface area contributed by atoms with Gasteiger partial charge in [-0.15, -0.1) is 11.8 Å². The molecule has 0 saturated heterocycles. The standard InChI is InChI=1S/C18H21NOS/c1-19-12-11-17(18-10-5-13-21-18)20-16-9-4-7-14-6-2-3-8-15(14)16/h2-9,13,17-19H,10-12H2,1H3/t17-,18?/m1/s1. The van der Waals surface area contributed by atoms with Crippen LogP contribution in [0.2, 0.25) is 0 Å². The lowest BCUT2D eigenvalue weighted by Crippen LogP contribution is -2.31. The van der Waals surface area contributed by atoms with E-state index in [9.17, 15) is 0 Å². The molecule has 0 radical (unpaired) electrons. The number of hydrogen-bond acceptors (Lipinski definition) is 3. The summed E-state index contributed by atoms with van der Waals surface area (Å²) in [6.07, 6.45) is 4.61. The quantitative estimate of drug-likeness (QED) is 0.863. The largest absolute Gasteiger partial charge is 0.489 e. The number of rotatable bonds is 6. The van der Waals surface area contributed by atoms with Crippen molar-refractivity contribution in [3.05, 3.63) is 53.9 Å². The van der Waals surface area contributed by atoms with E-state index >= 15 is 0 Å². The summed E-state index contributed by atoms with van der Waals surface area (Å²) in [5.74, 6) is 1.00. The summed E-state index contributed by atoms with van der Waals surface area (Å²) in [7, 11) is 2.00. The number of hydrogen-bond donors (Lipinski definition) is 1. The molecule has 1 heterocycles. The highest BCUT2D eigenvalue weighted by molar-refractivity contribution is 8.03. The number of allylic oxidation sites excluding steroid dienone is 1. The summed E-state index contributed by atoms with van der Waals surface area (Å²) in [6.45, 7) is 0.979. The average molecular weight is 299 g/mol. The first kappa shape index (κ1) is 14.5. The fraction of sp³-hybridized carbons (Fsp3) is 0.333. The zero-order chi connectivity index (χ0) is 14.5. The maximum Gasteiger partial charge on any atom is 0.127 e. The topological polar surface area (TPSA) is 21.3 Å². The zero-order valence-electron chi connectivity index (χ0n) is 12.3. The van der Waals surface area contributed by atoms with E-state index in [-0.39, 0.29) is 6.10 Å². The van der Waals surface area contributed by atoms with Crippen LogP contribution in [0, 0.1) is 0 Å². The summed E-state index contributed by atoms with van der Waals surface area (Å²) in [5, 5.41) is 8.39. The van der Waals surface area contributed by atoms with Crippen LogP contribution in [0.15, 0.2) is 53.9 Å². The van der Waals surface area contributed by atoms with Crippen molar-refractivity contribution < 1.29 is 4.74 Å². The van der Waals surface area contributed by atoms with E-state index in [0.717, 1.165) is 25.1 Å². The van der Waals surface area contributed by atoms with Crippen LogP contribution in [0.1, 0.15) is 12.8 Å². The van der Waals surface area contributed by atoms with Crippen molar-refractivity contribution in [1.82, 2.24) is 5.32 Å². The van der Waals surface area contributed by atoms with Crippen LogP contribution in [0.3, 0.4) is 0 Å². The summed E-state index contributed by atoms with van der Waals surface area (Å²) >= 11 is 1.89. The normalized spacial score (nSPS) is 19.0. The Bertz CT molecular complexity index is 612. The van der Waals surface area contributed by atoms with E-state index in [1.54, 1.807) is 0 Å². The fourth-order valence-corrected chi connectivity index (χ4v) is 3.72. The molecule has 21 heavy (non-hydrogen) atoms. The third-order valence-corrected chi connectivity index (χ3v) is 5.03. The molecule has 0 spiro atoms. The Kier molecular flexibility index (Phi) is 4.84. The minimum absolute atomic E-state index is 0.239. The van der Waals surface area contributed by atoms with Gasteiger partial charge in [-0.05, 0) is 43.3 Å². The van der Waals surface area contributed by atoms with Gasteiger partial charge in [0, 0.05) is 10.6 Å². The Hall–Kier alpha value is -1.45. The SMILES string of the molecule is CNCC[C@@H](Oc1cccc2ccccc12)C1CC=CS1. The van der Waals surface area contributed by atoms with Gasteiger partial charge < -0.3 is 10.1 Å². The molecule has 1 unspecified atom stereocenters. The van der Waals surface area contributed by atoms with E-state index in [2.05, 4.69) is 59.3 Å². The molecule has 0 aromatic heterocycles. The van der Waals surface area contributed by atoms with Crippen molar-refractivity contribution in [1.29, 1.82) is 0 Å². The molecule has 3 rings (SSSR count). The van der Waals surface area contributed by atoms with Crippen LogP contribution < -0.4 is 10.1 Å². The second-order valence-electron chi connectivity index (χ2n) is 5.31. The summed E-state index contributed by atoms with van der Waals surface area (Å²) < 4.78 is 6.41. The second kappa shape index (κ2) is 7.01. The van der Waals surface area contributed by atoms with Gasteiger partial charge in [-0.25, -0.2) is 0 Å². The molecule has 1 aliphatic rings. The van der Waals surface area contributed by atoms with Gasteiger partial charge in [0.2, 0.25) is 0 Å². The maximum atomic E-state index is 6.41. The van der Waals surface area contributed by atoms with Gasteiger partial charge >= 0.3 is 0 Å². The summed E-state index contributed by atoms with van der Waals surface area (Å²) in [4.78, 5) is 0. The monoisotopic (exact) mass is 299 g/mol. The number of ether oxygens (including phenoxy) is 1. The highest BCUT2D eigenvalue weighted by Crippen LogP contribution is 2.33. The Morgan fingerprint density at radius 3 is 2.90 bits per heavy atom. The molecule has 0 bridgehead atoms. The number of nitrogens with one attached hydrogen (secondary N) is 1. The van der Waals surface area contributed by atoms with Gasteiger partial charge in [-0.2, -0.15) is 0 Å². The molecule has 0 aliphatic carbocycles. The van der Waals surface area contributed by atoms with Crippen molar-refractivity contribution in [3.63, 3.8) is 0 Å². The van der Waals surface area contributed by atoms with E-state index in [0.29, 0.717) is 5.25 Å². The van der Waals surface area contributed by atoms with Gasteiger partial charge in [0.25, 0.3) is 0 Å². The highest BCUT2D eigenvalue weighted by Gasteiger charge is 2.24. The molecular weight excluding hydrogens is 278 g/mol. The van der Waals surface area contributed by atoms with Crippen LogP contribution >= 0.6 is 11.8 Å². The van der Waals surface area contributed by atoms with E-state index in [1.807, 2.05) is 18.8 Å². The van der Waals surface area contributed by atoms with E-state index in [1.165, 1.54) is 10.8 Å². The molecule has 1 N–H and O–H groups in total. The van der Waals surface area contributed by atoms with Gasteiger partial charge in [0.1, 0.15) is 11.9 Å². The van der Waals surface area contributed by atoms with Crippen LogP contribution in [-0.4, -0.2) is 24.9 Å². The number of fused-ring (bicyclic) bond motifs is 1. The van der Waals surface area contributed by atoms with Crippen molar-refractivity contribution in [3.8, 4) is 5.75 Å². The van der Waals surface area contributed by atoms with Gasteiger partial charge in [0.15, 0.2) is 0 Å². The molecule has 1 aliphatic heterocycles. The minimum atomic E-state index is 0.239. The lowest BCUT2D eigenvalue weighted by molar-refractivity contribution is 0.191. The molecule has 3 heteroatoms. The van der Waals surface area contributed by atoms with Crippen LogP contribution in [-0.2, 0) is 0 Å². The van der Waals surface area contributed by atoms with Gasteiger partial charge in [-0.1, -0.05) is 42.5 Å². The third-order valence-electron chi connectivity index (χ3n) is 3.84. The maximum absolute atomic E-state index is 6.41. The van der Waals surface area contributed by atoms with Crippen molar-refractivity contribution >= 4 is 22.5 Å². The van der Waals surface area contributed by atoms with Gasteiger partial charge in [0.05, 0.1) is 0 Å². The van der Waals surface area contributed by atoms with Crippen LogP contribution in [0.25, 0.3) is 10.8 Å². The molecule has 2 atom stereocenters. The Balaban J connectivity index is 1.83. The first-order chi connectivity index (χ1) is 10.4. The smallest absolute Gasteiger partial charge is 0.127 e. The lowest BCUT2D eigenvalue weighted by atomic mass is 10.1. The van der Waals surface area contributed by atoms with Crippen molar-refractivity contribution in [2.45, 2.75) is 24.2 Å². The molecule has 0 amide bonds. The Morgan fingerprint density at radius 2 is 2.10 bits per heavy atom. The predicted octanol–water partition coefficient (Wildman–Crippen LogP) is 4.22. The molecule has 0 saturated carbocycles. The van der Waals surface area contributed by atoms with Crippen LogP contribution in [0.5, 0.6) is 5.75 Å². The highest BCUT2D eigenvalue weighted by atomic mass is 32.2. The molecule has 0 fully saturated rings. The second-order valence-corrected chi connectivity index (χ2v) is 6.46. The first-order valence-electron chi connectivity index (χ1n) is 7.48. The van der Waals surface area contributed by atoms with Crippen LogP contribution in [0.4, 0.5) is 0 Å². The minimum Gasteiger partial charge on any atom is -0.489 e. The third kappa shape index (κ3) is 3.42. The van der Waals surface area contributed by atoms with E-state index < -0.39 is 0 Å². The number of thioether (sulfide) groups is 1. The summed E-state index contributed by atoms with van der Waals surface area (Å²) in [6, 6.07) is 14.7. The van der Waals surface area contributed by atoms with E-state index in [4.69, 9.17) is 4.74 Å². The Labute approximate surface area is 130 Å². The average Bonchev–Trinajstić information content (AvgIpc) is 3.06. The predicted molar refractivity (Wildman–Crippen MR) is 92.0 cm³/mol. The van der Waals surface area contributed by atoms with Crippen molar-refractivity contribution in [2.75, 3.05) is 13.6 Å².